The minimum Gasteiger partial charge on any atom is -0.480 e. The van der Waals surface area contributed by atoms with Crippen molar-refractivity contribution >= 4 is 21.7 Å². The number of rotatable bonds is 5. The van der Waals surface area contributed by atoms with E-state index in [1.165, 1.54) is 0 Å². The fourth-order valence-electron chi connectivity index (χ4n) is 2.71. The Kier molecular flexibility index (Phi) is 4.88. The SMILES string of the molecule is Cc1ccc(N(CC(=O)O)S(=O)(=O)C2CCCCC2)cc1. The molecule has 1 aromatic carbocycles. The van der Waals surface area contributed by atoms with Crippen LogP contribution in [0.1, 0.15) is 37.7 Å². The number of aliphatic carboxylic acids is 1. The van der Waals surface area contributed by atoms with E-state index in [-0.39, 0.29) is 0 Å². The Morgan fingerprint density at radius 2 is 1.76 bits per heavy atom. The number of carbonyl (C=O) groups is 1. The van der Waals surface area contributed by atoms with Gasteiger partial charge in [0.2, 0.25) is 10.0 Å². The van der Waals surface area contributed by atoms with E-state index in [2.05, 4.69) is 0 Å². The van der Waals surface area contributed by atoms with Gasteiger partial charge in [-0.3, -0.25) is 9.10 Å². The molecule has 1 saturated carbocycles. The Morgan fingerprint density at radius 3 is 2.29 bits per heavy atom. The number of anilines is 1. The van der Waals surface area contributed by atoms with E-state index in [1.807, 2.05) is 6.92 Å². The third-order valence-corrected chi connectivity index (χ3v) is 6.15. The average Bonchev–Trinajstić information content (AvgIpc) is 2.46. The van der Waals surface area contributed by atoms with Gasteiger partial charge in [-0.25, -0.2) is 8.42 Å². The van der Waals surface area contributed by atoms with Crippen LogP contribution in [0, 0.1) is 6.92 Å². The molecule has 0 amide bonds. The lowest BCUT2D eigenvalue weighted by Crippen LogP contribution is -2.42. The zero-order valence-corrected chi connectivity index (χ0v) is 13.0. The molecule has 0 spiro atoms. The lowest BCUT2D eigenvalue weighted by atomic mass is 10.0. The maximum absolute atomic E-state index is 12.8. The van der Waals surface area contributed by atoms with Crippen LogP contribution < -0.4 is 4.31 Å². The Balaban J connectivity index is 2.34. The Bertz CT molecular complexity index is 589. The van der Waals surface area contributed by atoms with Crippen molar-refractivity contribution in [1.82, 2.24) is 0 Å². The second kappa shape index (κ2) is 6.47. The molecule has 0 aliphatic heterocycles. The molecular weight excluding hydrogens is 290 g/mol. The van der Waals surface area contributed by atoms with Gasteiger partial charge in [-0.05, 0) is 31.9 Å². The van der Waals surface area contributed by atoms with Gasteiger partial charge in [0.05, 0.1) is 10.9 Å². The van der Waals surface area contributed by atoms with Gasteiger partial charge in [0, 0.05) is 0 Å². The lowest BCUT2D eigenvalue weighted by Gasteiger charge is -2.30. The summed E-state index contributed by atoms with van der Waals surface area (Å²) < 4.78 is 26.6. The third kappa shape index (κ3) is 3.75. The fourth-order valence-corrected chi connectivity index (χ4v) is 4.70. The molecule has 2 rings (SSSR count). The van der Waals surface area contributed by atoms with Gasteiger partial charge in [-0.2, -0.15) is 0 Å². The van der Waals surface area contributed by atoms with Crippen LogP contribution >= 0.6 is 0 Å². The Labute approximate surface area is 125 Å². The van der Waals surface area contributed by atoms with E-state index in [4.69, 9.17) is 5.11 Å². The van der Waals surface area contributed by atoms with Gasteiger partial charge in [0.1, 0.15) is 6.54 Å². The smallest absolute Gasteiger partial charge is 0.324 e. The van der Waals surface area contributed by atoms with Crippen molar-refractivity contribution in [3.63, 3.8) is 0 Å². The minimum atomic E-state index is -3.63. The van der Waals surface area contributed by atoms with Crippen molar-refractivity contribution in [2.75, 3.05) is 10.8 Å². The largest absolute Gasteiger partial charge is 0.480 e. The summed E-state index contributed by atoms with van der Waals surface area (Å²) in [7, 11) is -3.63. The molecule has 0 saturated heterocycles. The molecule has 1 aromatic rings. The Morgan fingerprint density at radius 1 is 1.19 bits per heavy atom. The van der Waals surface area contributed by atoms with E-state index in [9.17, 15) is 13.2 Å². The standard InChI is InChI=1S/C15H21NO4S/c1-12-7-9-13(10-8-12)16(11-15(17)18)21(19,20)14-5-3-2-4-6-14/h7-10,14H,2-6,11H2,1H3,(H,17,18). The zero-order chi connectivity index (χ0) is 15.5. The van der Waals surface area contributed by atoms with E-state index < -0.39 is 27.8 Å². The second-order valence-electron chi connectivity index (χ2n) is 5.54. The minimum absolute atomic E-state index is 0.425. The van der Waals surface area contributed by atoms with Crippen molar-refractivity contribution in [3.8, 4) is 0 Å². The maximum Gasteiger partial charge on any atom is 0.324 e. The van der Waals surface area contributed by atoms with Crippen LogP contribution in [-0.2, 0) is 14.8 Å². The highest BCUT2D eigenvalue weighted by atomic mass is 32.2. The normalized spacial score (nSPS) is 16.6. The van der Waals surface area contributed by atoms with Gasteiger partial charge in [0.15, 0.2) is 0 Å². The number of sulfonamides is 1. The summed E-state index contributed by atoms with van der Waals surface area (Å²) in [6, 6.07) is 6.92. The molecule has 21 heavy (non-hydrogen) atoms. The molecule has 0 atom stereocenters. The third-order valence-electron chi connectivity index (χ3n) is 3.88. The van der Waals surface area contributed by atoms with Crippen LogP contribution in [0.15, 0.2) is 24.3 Å². The highest BCUT2D eigenvalue weighted by Crippen LogP contribution is 2.29. The van der Waals surface area contributed by atoms with Crippen LogP contribution in [0.3, 0.4) is 0 Å². The monoisotopic (exact) mass is 311 g/mol. The molecule has 116 valence electrons. The van der Waals surface area contributed by atoms with E-state index in [1.54, 1.807) is 24.3 Å². The van der Waals surface area contributed by atoms with Crippen molar-refractivity contribution in [1.29, 1.82) is 0 Å². The van der Waals surface area contributed by atoms with E-state index in [0.29, 0.717) is 18.5 Å². The number of aryl methyl sites for hydroxylation is 1. The van der Waals surface area contributed by atoms with Crippen molar-refractivity contribution in [3.05, 3.63) is 29.8 Å². The summed E-state index contributed by atoms with van der Waals surface area (Å²) in [4.78, 5) is 11.1. The molecule has 0 aromatic heterocycles. The average molecular weight is 311 g/mol. The van der Waals surface area contributed by atoms with Crippen LogP contribution in [-0.4, -0.2) is 31.3 Å². The summed E-state index contributed by atoms with van der Waals surface area (Å²) in [5.41, 5.74) is 1.43. The topological polar surface area (TPSA) is 74.7 Å². The summed E-state index contributed by atoms with van der Waals surface area (Å²) in [5, 5.41) is 8.59. The number of nitrogens with zero attached hydrogens (tertiary/aromatic N) is 1. The molecule has 1 aliphatic rings. The van der Waals surface area contributed by atoms with Crippen LogP contribution in [0.25, 0.3) is 0 Å². The van der Waals surface area contributed by atoms with Gasteiger partial charge < -0.3 is 5.11 Å². The molecule has 1 aliphatic carbocycles. The van der Waals surface area contributed by atoms with Gasteiger partial charge in [-0.15, -0.1) is 0 Å². The van der Waals surface area contributed by atoms with Crippen LogP contribution in [0.4, 0.5) is 5.69 Å². The van der Waals surface area contributed by atoms with Crippen molar-refractivity contribution in [2.24, 2.45) is 0 Å². The molecular formula is C15H21NO4S. The van der Waals surface area contributed by atoms with Crippen LogP contribution in [0.5, 0.6) is 0 Å². The molecule has 5 nitrogen and oxygen atoms in total. The Hall–Kier alpha value is -1.56. The predicted molar refractivity (Wildman–Crippen MR) is 82.0 cm³/mol. The second-order valence-corrected chi connectivity index (χ2v) is 7.68. The summed E-state index contributed by atoms with van der Waals surface area (Å²) in [6.07, 6.45) is 4.06. The maximum atomic E-state index is 12.8. The highest BCUT2D eigenvalue weighted by molar-refractivity contribution is 7.93. The number of hydrogen-bond donors (Lipinski definition) is 1. The first-order chi connectivity index (χ1) is 9.91. The molecule has 1 N–H and O–H groups in total. The summed E-state index contributed by atoms with van der Waals surface area (Å²) in [5.74, 6) is -1.14. The first-order valence-corrected chi connectivity index (χ1v) is 8.71. The van der Waals surface area contributed by atoms with Crippen molar-refractivity contribution < 1.29 is 18.3 Å². The van der Waals surface area contributed by atoms with Crippen LogP contribution in [0.2, 0.25) is 0 Å². The van der Waals surface area contributed by atoms with Crippen molar-refractivity contribution in [2.45, 2.75) is 44.3 Å². The number of carboxylic acids is 1. The lowest BCUT2D eigenvalue weighted by molar-refractivity contribution is -0.135. The molecule has 0 unspecified atom stereocenters. The number of benzene rings is 1. The first-order valence-electron chi connectivity index (χ1n) is 7.21. The summed E-state index contributed by atoms with van der Waals surface area (Å²) in [6.45, 7) is 1.38. The van der Waals surface area contributed by atoms with Gasteiger partial charge in [0.25, 0.3) is 0 Å². The number of hydrogen-bond acceptors (Lipinski definition) is 3. The fraction of sp³-hybridized carbons (Fsp3) is 0.533. The zero-order valence-electron chi connectivity index (χ0n) is 12.2. The van der Waals surface area contributed by atoms with E-state index in [0.717, 1.165) is 29.1 Å². The molecule has 0 bridgehead atoms. The van der Waals surface area contributed by atoms with Gasteiger partial charge >= 0.3 is 5.97 Å². The highest BCUT2D eigenvalue weighted by Gasteiger charge is 2.34. The predicted octanol–water partition coefficient (Wildman–Crippen LogP) is 2.55. The molecule has 1 fully saturated rings. The number of carboxylic acid groups (broad SMARTS) is 1. The molecule has 0 heterocycles. The first kappa shape index (κ1) is 15.8. The molecule has 6 heteroatoms. The molecule has 0 radical (unpaired) electrons. The quantitative estimate of drug-likeness (QED) is 0.907. The summed E-state index contributed by atoms with van der Waals surface area (Å²) >= 11 is 0. The van der Waals surface area contributed by atoms with E-state index >= 15 is 0 Å². The van der Waals surface area contributed by atoms with Gasteiger partial charge in [-0.1, -0.05) is 37.0 Å².